The summed E-state index contributed by atoms with van der Waals surface area (Å²) in [4.78, 5) is 3.89. The van der Waals surface area contributed by atoms with Gasteiger partial charge in [-0.2, -0.15) is 5.10 Å². The molecule has 74 valence electrons. The highest BCUT2D eigenvalue weighted by atomic mass is 35.5. The van der Waals surface area contributed by atoms with Crippen LogP contribution in [0.4, 0.5) is 5.69 Å². The van der Waals surface area contributed by atoms with Crippen molar-refractivity contribution >= 4 is 35.1 Å². The Morgan fingerprint density at radius 2 is 2.29 bits per heavy atom. The van der Waals surface area contributed by atoms with E-state index in [0.717, 1.165) is 12.1 Å². The first kappa shape index (κ1) is 9.74. The molecule has 0 bridgehead atoms. The molecular formula is C9H9Cl2N3. The zero-order valence-corrected chi connectivity index (χ0v) is 9.13. The van der Waals surface area contributed by atoms with Crippen LogP contribution in [-0.2, 0) is 0 Å². The van der Waals surface area contributed by atoms with Crippen LogP contribution in [0.5, 0.6) is 0 Å². The molecule has 1 atom stereocenters. The van der Waals surface area contributed by atoms with E-state index in [-0.39, 0.29) is 0 Å². The summed E-state index contributed by atoms with van der Waals surface area (Å²) in [5.41, 5.74) is 0.813. The van der Waals surface area contributed by atoms with Gasteiger partial charge in [-0.15, -0.1) is 0 Å². The Balaban J connectivity index is 2.41. The van der Waals surface area contributed by atoms with Gasteiger partial charge in [0, 0.05) is 18.8 Å². The van der Waals surface area contributed by atoms with Crippen LogP contribution in [-0.4, -0.2) is 17.2 Å². The van der Waals surface area contributed by atoms with Gasteiger partial charge in [0.15, 0.2) is 0 Å². The molecule has 1 aromatic rings. The van der Waals surface area contributed by atoms with Gasteiger partial charge in [0.2, 0.25) is 0 Å². The molecule has 0 radical (unpaired) electrons. The quantitative estimate of drug-likeness (QED) is 0.694. The summed E-state index contributed by atoms with van der Waals surface area (Å²) >= 11 is 11.8. The maximum atomic E-state index is 6.03. The van der Waals surface area contributed by atoms with Gasteiger partial charge in [0.25, 0.3) is 0 Å². The molecule has 0 spiro atoms. The largest absolute Gasteiger partial charge is 0.261 e. The topological polar surface area (TPSA) is 28.5 Å². The van der Waals surface area contributed by atoms with Crippen LogP contribution >= 0.6 is 23.2 Å². The van der Waals surface area contributed by atoms with Crippen molar-refractivity contribution in [2.45, 2.75) is 19.4 Å². The normalized spacial score (nSPS) is 20.5. The molecule has 0 amide bonds. The van der Waals surface area contributed by atoms with Crippen LogP contribution in [0.25, 0.3) is 0 Å². The summed E-state index contributed by atoms with van der Waals surface area (Å²) < 4.78 is 0. The Hall–Kier alpha value is -0.800. The fourth-order valence-corrected chi connectivity index (χ4v) is 1.74. The van der Waals surface area contributed by atoms with E-state index in [0.29, 0.717) is 16.2 Å². The van der Waals surface area contributed by atoms with Crippen molar-refractivity contribution < 1.29 is 0 Å². The van der Waals surface area contributed by atoms with Crippen LogP contribution < -0.4 is 5.01 Å². The molecule has 1 aromatic heterocycles. The molecule has 0 N–H and O–H groups in total. The third-order valence-electron chi connectivity index (χ3n) is 2.14. The highest BCUT2D eigenvalue weighted by molar-refractivity contribution is 6.42. The molecule has 0 aromatic carbocycles. The maximum absolute atomic E-state index is 6.03. The summed E-state index contributed by atoms with van der Waals surface area (Å²) in [5.74, 6) is 0. The van der Waals surface area contributed by atoms with Gasteiger partial charge in [0.05, 0.1) is 11.7 Å². The predicted octanol–water partition coefficient (Wildman–Crippen LogP) is 2.97. The number of halogens is 2. The highest BCUT2D eigenvalue weighted by Gasteiger charge is 2.20. The number of nitrogens with zero attached hydrogens (tertiary/aromatic N) is 3. The smallest absolute Gasteiger partial charge is 0.149 e. The average molecular weight is 230 g/mol. The second kappa shape index (κ2) is 3.75. The van der Waals surface area contributed by atoms with Gasteiger partial charge in [0.1, 0.15) is 10.2 Å². The SMILES string of the molecule is CC1CC=NN1c1ccnc(Cl)c1Cl. The van der Waals surface area contributed by atoms with E-state index in [1.165, 1.54) is 0 Å². The first-order valence-corrected chi connectivity index (χ1v) is 5.07. The summed E-state index contributed by atoms with van der Waals surface area (Å²) in [6.45, 7) is 2.08. The molecule has 0 aliphatic carbocycles. The Kier molecular flexibility index (Phi) is 2.61. The lowest BCUT2D eigenvalue weighted by Gasteiger charge is -2.21. The molecule has 3 nitrogen and oxygen atoms in total. The lowest BCUT2D eigenvalue weighted by atomic mass is 10.2. The van der Waals surface area contributed by atoms with Gasteiger partial charge < -0.3 is 0 Å². The van der Waals surface area contributed by atoms with E-state index in [4.69, 9.17) is 23.2 Å². The summed E-state index contributed by atoms with van der Waals surface area (Å²) in [5, 5.41) is 6.86. The van der Waals surface area contributed by atoms with Gasteiger partial charge >= 0.3 is 0 Å². The second-order valence-corrected chi connectivity index (χ2v) is 3.90. The Morgan fingerprint density at radius 1 is 1.50 bits per heavy atom. The van der Waals surface area contributed by atoms with E-state index in [1.54, 1.807) is 6.20 Å². The number of hydrogen-bond acceptors (Lipinski definition) is 3. The summed E-state index contributed by atoms with van der Waals surface area (Å²) in [6, 6.07) is 2.14. The molecule has 2 heterocycles. The monoisotopic (exact) mass is 229 g/mol. The fraction of sp³-hybridized carbons (Fsp3) is 0.333. The molecule has 0 saturated carbocycles. The number of hydrogen-bond donors (Lipinski definition) is 0. The second-order valence-electron chi connectivity index (χ2n) is 3.16. The maximum Gasteiger partial charge on any atom is 0.149 e. The number of anilines is 1. The van der Waals surface area contributed by atoms with Crippen molar-refractivity contribution in [1.82, 2.24) is 4.98 Å². The lowest BCUT2D eigenvalue weighted by molar-refractivity contribution is 0.724. The van der Waals surface area contributed by atoms with Crippen LogP contribution in [0.3, 0.4) is 0 Å². The molecule has 0 fully saturated rings. The van der Waals surface area contributed by atoms with Crippen LogP contribution in [0.1, 0.15) is 13.3 Å². The van der Waals surface area contributed by atoms with E-state index in [1.807, 2.05) is 17.3 Å². The van der Waals surface area contributed by atoms with Crippen molar-refractivity contribution in [2.75, 3.05) is 5.01 Å². The predicted molar refractivity (Wildman–Crippen MR) is 59.3 cm³/mol. The first-order valence-electron chi connectivity index (χ1n) is 4.32. The van der Waals surface area contributed by atoms with Crippen molar-refractivity contribution in [3.05, 3.63) is 22.4 Å². The van der Waals surface area contributed by atoms with Crippen molar-refractivity contribution in [1.29, 1.82) is 0 Å². The molecule has 1 unspecified atom stereocenters. The van der Waals surface area contributed by atoms with Crippen molar-refractivity contribution in [3.63, 3.8) is 0 Å². The highest BCUT2D eigenvalue weighted by Crippen LogP contribution is 2.33. The third kappa shape index (κ3) is 1.57. The molecule has 0 saturated heterocycles. The zero-order chi connectivity index (χ0) is 10.1. The van der Waals surface area contributed by atoms with Gasteiger partial charge in [-0.05, 0) is 13.0 Å². The van der Waals surface area contributed by atoms with Gasteiger partial charge in [-0.25, -0.2) is 4.98 Å². The van der Waals surface area contributed by atoms with E-state index >= 15 is 0 Å². The summed E-state index contributed by atoms with van der Waals surface area (Å²) in [7, 11) is 0. The molecule has 1 aliphatic rings. The molecule has 2 rings (SSSR count). The molecular weight excluding hydrogens is 221 g/mol. The minimum atomic E-state index is 0.318. The van der Waals surface area contributed by atoms with Crippen LogP contribution in [0.15, 0.2) is 17.4 Å². The van der Waals surface area contributed by atoms with Crippen molar-refractivity contribution in [3.8, 4) is 0 Å². The fourth-order valence-electron chi connectivity index (χ4n) is 1.39. The molecule has 5 heteroatoms. The average Bonchev–Trinajstić information content (AvgIpc) is 2.57. The van der Waals surface area contributed by atoms with Crippen molar-refractivity contribution in [2.24, 2.45) is 5.10 Å². The minimum Gasteiger partial charge on any atom is -0.261 e. The standard InChI is InChI=1S/C9H9Cl2N3/c1-6-2-5-13-14(6)7-3-4-12-9(11)8(7)10/h3-6H,2H2,1H3. The number of hydrazone groups is 1. The Bertz CT molecular complexity index is 378. The number of aromatic nitrogens is 1. The van der Waals surface area contributed by atoms with E-state index in [9.17, 15) is 0 Å². The zero-order valence-electron chi connectivity index (χ0n) is 7.61. The van der Waals surface area contributed by atoms with E-state index < -0.39 is 0 Å². The first-order chi connectivity index (χ1) is 6.70. The third-order valence-corrected chi connectivity index (χ3v) is 2.90. The number of pyridine rings is 1. The summed E-state index contributed by atoms with van der Waals surface area (Å²) in [6.07, 6.45) is 4.43. The Morgan fingerprint density at radius 3 is 2.93 bits per heavy atom. The van der Waals surface area contributed by atoms with Crippen LogP contribution in [0.2, 0.25) is 10.2 Å². The number of rotatable bonds is 1. The Labute approximate surface area is 92.3 Å². The molecule has 14 heavy (non-hydrogen) atoms. The lowest BCUT2D eigenvalue weighted by Crippen LogP contribution is -2.22. The minimum absolute atomic E-state index is 0.318. The van der Waals surface area contributed by atoms with Gasteiger partial charge in [-0.1, -0.05) is 23.2 Å². The van der Waals surface area contributed by atoms with Gasteiger partial charge in [-0.3, -0.25) is 5.01 Å². The van der Waals surface area contributed by atoms with E-state index in [2.05, 4.69) is 17.0 Å². The van der Waals surface area contributed by atoms with Crippen LogP contribution in [0, 0.1) is 0 Å². The molecule has 1 aliphatic heterocycles.